The Morgan fingerprint density at radius 1 is 1.06 bits per heavy atom. The first kappa shape index (κ1) is 34.7. The van der Waals surface area contributed by atoms with E-state index in [1.54, 1.807) is 24.5 Å². The number of allylic oxidation sites excluding steroid dienone is 2. The van der Waals surface area contributed by atoms with Gasteiger partial charge in [0.15, 0.2) is 16.3 Å². The van der Waals surface area contributed by atoms with Gasteiger partial charge in [0, 0.05) is 16.1 Å². The molecule has 1 atom stereocenters. The monoisotopic (exact) mass is 686 g/mol. The third-order valence-corrected chi connectivity index (χ3v) is 8.74. The minimum atomic E-state index is -0.795. The number of carbonyl (C=O) groups excluding carboxylic acids is 1. The number of nitrogens with zero attached hydrogens (tertiary/aromatic N) is 2. The van der Waals surface area contributed by atoms with Crippen molar-refractivity contribution in [2.75, 3.05) is 13.2 Å². The Morgan fingerprint density at radius 3 is 2.50 bits per heavy atom. The van der Waals surface area contributed by atoms with E-state index in [0.717, 1.165) is 16.7 Å². The van der Waals surface area contributed by atoms with E-state index in [4.69, 9.17) is 35.5 Å². The van der Waals surface area contributed by atoms with Gasteiger partial charge in [0.2, 0.25) is 0 Å². The molecule has 2 heterocycles. The van der Waals surface area contributed by atoms with Crippen molar-refractivity contribution in [3.8, 4) is 17.2 Å². The van der Waals surface area contributed by atoms with Crippen LogP contribution in [0.3, 0.4) is 0 Å². The van der Waals surface area contributed by atoms with Crippen molar-refractivity contribution in [1.29, 1.82) is 0 Å². The van der Waals surface area contributed by atoms with Crippen molar-refractivity contribution in [2.24, 2.45) is 4.99 Å². The Labute approximate surface area is 289 Å². The van der Waals surface area contributed by atoms with Crippen LogP contribution < -0.4 is 29.1 Å². The molecule has 8 nitrogen and oxygen atoms in total. The summed E-state index contributed by atoms with van der Waals surface area (Å²) >= 11 is 7.32. The number of para-hydroxylation sites is 1. The summed E-state index contributed by atoms with van der Waals surface area (Å²) in [6.45, 7) is 14.2. The molecule has 10 heteroatoms. The van der Waals surface area contributed by atoms with E-state index in [1.165, 1.54) is 11.3 Å². The van der Waals surface area contributed by atoms with Crippen molar-refractivity contribution in [3.63, 3.8) is 0 Å². The van der Waals surface area contributed by atoms with E-state index >= 15 is 0 Å². The molecule has 0 N–H and O–H groups in total. The van der Waals surface area contributed by atoms with Crippen LogP contribution >= 0.6 is 22.9 Å². The first-order chi connectivity index (χ1) is 23.1. The van der Waals surface area contributed by atoms with Gasteiger partial charge in [-0.15, -0.1) is 6.58 Å². The fraction of sp³-hybridized carbons (Fsp3) is 0.289. The summed E-state index contributed by atoms with van der Waals surface area (Å²) in [6.07, 6.45) is 4.02. The van der Waals surface area contributed by atoms with Crippen LogP contribution in [0.25, 0.3) is 6.08 Å². The highest BCUT2D eigenvalue weighted by atomic mass is 35.5. The third-order valence-electron chi connectivity index (χ3n) is 7.51. The average molecular weight is 687 g/mol. The molecule has 1 aliphatic heterocycles. The van der Waals surface area contributed by atoms with E-state index < -0.39 is 12.0 Å². The number of hydrogen-bond acceptors (Lipinski definition) is 8. The normalized spacial score (nSPS) is 14.4. The number of halogens is 1. The molecular formula is C38H39ClN2O6S. The lowest BCUT2D eigenvalue weighted by Crippen LogP contribution is -2.40. The molecule has 4 aromatic rings. The van der Waals surface area contributed by atoms with Crippen molar-refractivity contribution in [2.45, 2.75) is 59.8 Å². The number of aromatic nitrogens is 1. The molecule has 0 amide bonds. The van der Waals surface area contributed by atoms with Crippen LogP contribution in [0.15, 0.2) is 94.4 Å². The van der Waals surface area contributed by atoms with Crippen LogP contribution in [0.4, 0.5) is 0 Å². The largest absolute Gasteiger partial charge is 0.491 e. The Balaban J connectivity index is 1.65. The lowest BCUT2D eigenvalue weighted by molar-refractivity contribution is -0.139. The molecule has 250 valence electrons. The second-order valence-electron chi connectivity index (χ2n) is 11.4. The van der Waals surface area contributed by atoms with E-state index in [0.29, 0.717) is 68.1 Å². The number of thiazole rings is 1. The van der Waals surface area contributed by atoms with Gasteiger partial charge in [-0.1, -0.05) is 59.3 Å². The van der Waals surface area contributed by atoms with Crippen LogP contribution in [-0.4, -0.2) is 29.9 Å². The van der Waals surface area contributed by atoms with Crippen molar-refractivity contribution in [1.82, 2.24) is 4.57 Å². The highest BCUT2D eigenvalue weighted by molar-refractivity contribution is 7.07. The summed E-state index contributed by atoms with van der Waals surface area (Å²) in [7, 11) is 0. The fourth-order valence-electron chi connectivity index (χ4n) is 5.54. The number of ether oxygens (including phenoxy) is 4. The number of hydrogen-bond donors (Lipinski definition) is 0. The maximum atomic E-state index is 14.3. The van der Waals surface area contributed by atoms with Gasteiger partial charge < -0.3 is 18.9 Å². The number of esters is 1. The second kappa shape index (κ2) is 15.5. The van der Waals surface area contributed by atoms with Crippen molar-refractivity contribution in [3.05, 3.63) is 132 Å². The number of fused-ring (bicyclic) bond motifs is 1. The molecule has 0 fully saturated rings. The molecule has 5 rings (SSSR count). The molecule has 0 saturated heterocycles. The summed E-state index contributed by atoms with van der Waals surface area (Å²) in [6, 6.07) is 18.0. The number of benzene rings is 3. The Kier molecular flexibility index (Phi) is 11.2. The van der Waals surface area contributed by atoms with Gasteiger partial charge in [0.1, 0.15) is 18.4 Å². The lowest BCUT2D eigenvalue weighted by Gasteiger charge is -2.26. The van der Waals surface area contributed by atoms with E-state index in [1.807, 2.05) is 87.5 Å². The van der Waals surface area contributed by atoms with Crippen LogP contribution in [0.5, 0.6) is 17.2 Å². The third kappa shape index (κ3) is 7.58. The number of rotatable bonds is 13. The first-order valence-corrected chi connectivity index (χ1v) is 17.1. The average Bonchev–Trinajstić information content (AvgIpc) is 3.35. The fourth-order valence-corrected chi connectivity index (χ4v) is 6.71. The highest BCUT2D eigenvalue weighted by Gasteiger charge is 2.35. The minimum absolute atomic E-state index is 0.124. The van der Waals surface area contributed by atoms with Gasteiger partial charge >= 0.3 is 5.97 Å². The molecule has 0 unspecified atom stereocenters. The molecule has 1 aliphatic rings. The first-order valence-electron chi connectivity index (χ1n) is 15.9. The molecule has 3 aromatic carbocycles. The summed E-state index contributed by atoms with van der Waals surface area (Å²) in [5, 5.41) is 0.655. The van der Waals surface area contributed by atoms with E-state index in [-0.39, 0.29) is 18.3 Å². The standard InChI is InChI=1S/C38H39ClN2O6S/c1-7-12-27-19-26(20-31(44-8-2)35(27)46-22-25-15-17-28(39)18-16-25)21-32-36(42)41-34(29-13-10-11-14-30(29)47-23(4)5)33(37(43)45-9-3)24(6)40-38(41)48-32/h7,10-11,13-21,23,34H,1,8-9,12,22H2,2-6H3/b32-21+/t34-/m1/s1. The van der Waals surface area contributed by atoms with Gasteiger partial charge in [-0.2, -0.15) is 0 Å². The molecule has 0 spiro atoms. The summed E-state index contributed by atoms with van der Waals surface area (Å²) in [5.74, 6) is 1.22. The molecule has 0 bridgehead atoms. The molecule has 1 aromatic heterocycles. The van der Waals surface area contributed by atoms with Gasteiger partial charge in [0.25, 0.3) is 5.56 Å². The summed E-state index contributed by atoms with van der Waals surface area (Å²) in [5.41, 5.74) is 3.74. The van der Waals surface area contributed by atoms with Crippen LogP contribution in [-0.2, 0) is 22.6 Å². The van der Waals surface area contributed by atoms with Gasteiger partial charge in [0.05, 0.1) is 35.1 Å². The smallest absolute Gasteiger partial charge is 0.338 e. The molecule has 48 heavy (non-hydrogen) atoms. The second-order valence-corrected chi connectivity index (χ2v) is 12.8. The van der Waals surface area contributed by atoms with Gasteiger partial charge in [-0.05, 0) is 88.6 Å². The van der Waals surface area contributed by atoms with E-state index in [2.05, 4.69) is 6.58 Å². The Hall–Kier alpha value is -4.60. The summed E-state index contributed by atoms with van der Waals surface area (Å²) in [4.78, 5) is 32.9. The van der Waals surface area contributed by atoms with Crippen molar-refractivity contribution < 1.29 is 23.7 Å². The lowest BCUT2D eigenvalue weighted by atomic mass is 9.95. The molecular weight excluding hydrogens is 648 g/mol. The zero-order chi connectivity index (χ0) is 34.4. The predicted octanol–water partition coefficient (Wildman–Crippen LogP) is 6.95. The van der Waals surface area contributed by atoms with Crippen LogP contribution in [0.2, 0.25) is 5.02 Å². The highest BCUT2D eigenvalue weighted by Crippen LogP contribution is 2.37. The summed E-state index contributed by atoms with van der Waals surface area (Å²) < 4.78 is 26.0. The SMILES string of the molecule is C=CCc1cc(/C=c2/sc3n(c2=O)[C@H](c2ccccc2OC(C)C)C(C(=O)OCC)=C(C)N=3)cc(OCC)c1OCc1ccc(Cl)cc1. The predicted molar refractivity (Wildman–Crippen MR) is 190 cm³/mol. The quantitative estimate of drug-likeness (QED) is 0.112. The molecule has 0 radical (unpaired) electrons. The zero-order valence-corrected chi connectivity index (χ0v) is 29.3. The molecule has 0 saturated carbocycles. The van der Waals surface area contributed by atoms with E-state index in [9.17, 15) is 9.59 Å². The van der Waals surface area contributed by atoms with Crippen LogP contribution in [0, 0.1) is 0 Å². The minimum Gasteiger partial charge on any atom is -0.491 e. The Morgan fingerprint density at radius 2 is 1.81 bits per heavy atom. The van der Waals surface area contributed by atoms with Crippen molar-refractivity contribution >= 4 is 35.0 Å². The maximum Gasteiger partial charge on any atom is 0.338 e. The zero-order valence-electron chi connectivity index (χ0n) is 27.7. The van der Waals surface area contributed by atoms with Gasteiger partial charge in [-0.3, -0.25) is 9.36 Å². The molecule has 0 aliphatic carbocycles. The van der Waals surface area contributed by atoms with Gasteiger partial charge in [-0.25, -0.2) is 9.79 Å². The maximum absolute atomic E-state index is 14.3. The topological polar surface area (TPSA) is 88.4 Å². The Bertz CT molecular complexity index is 2030. The van der Waals surface area contributed by atoms with Crippen LogP contribution in [0.1, 0.15) is 62.9 Å². The number of carbonyl (C=O) groups is 1.